The number of nitrogens with one attached hydrogen (secondary N) is 1. The van der Waals surface area contributed by atoms with E-state index in [2.05, 4.69) is 37.5 Å². The predicted molar refractivity (Wildman–Crippen MR) is 106 cm³/mol. The second-order valence-corrected chi connectivity index (χ2v) is 7.02. The molecule has 0 spiro atoms. The lowest BCUT2D eigenvalue weighted by atomic mass is 10.2. The van der Waals surface area contributed by atoms with Gasteiger partial charge in [0, 0.05) is 24.2 Å². The third-order valence-corrected chi connectivity index (χ3v) is 5.20. The summed E-state index contributed by atoms with van der Waals surface area (Å²) < 4.78 is 11.6. The van der Waals surface area contributed by atoms with Crippen molar-refractivity contribution in [1.29, 1.82) is 0 Å². The van der Waals surface area contributed by atoms with E-state index in [1.54, 1.807) is 6.20 Å². The Morgan fingerprint density at radius 1 is 1.21 bits per heavy atom. The molecule has 7 nitrogen and oxygen atoms in total. The number of pyridine rings is 1. The standard InChI is InChI=1S/C21H21N5O2/c1-22-19-9-8-15(12-23-19)20-24-21(28-25-20)17-6-4-10-26(17)13-16-11-14-5-2-3-7-18(14)27-16/h2-3,5,7-9,11-12,17H,4,6,10,13H2,1H3,(H,22,23). The molecule has 142 valence electrons. The Labute approximate surface area is 162 Å². The monoisotopic (exact) mass is 375 g/mol. The van der Waals surface area contributed by atoms with Gasteiger partial charge in [-0.1, -0.05) is 23.4 Å². The van der Waals surface area contributed by atoms with Gasteiger partial charge < -0.3 is 14.3 Å². The number of hydrogen-bond acceptors (Lipinski definition) is 7. The Hall–Kier alpha value is -3.19. The molecule has 4 heterocycles. The first-order valence-electron chi connectivity index (χ1n) is 9.49. The van der Waals surface area contributed by atoms with Crippen LogP contribution in [-0.4, -0.2) is 33.6 Å². The van der Waals surface area contributed by atoms with Crippen LogP contribution in [-0.2, 0) is 6.54 Å². The average Bonchev–Trinajstić information content (AvgIpc) is 3.47. The molecule has 0 amide bonds. The third-order valence-electron chi connectivity index (χ3n) is 5.20. The zero-order valence-electron chi connectivity index (χ0n) is 15.6. The van der Waals surface area contributed by atoms with Gasteiger partial charge in [-0.15, -0.1) is 0 Å². The summed E-state index contributed by atoms with van der Waals surface area (Å²) in [6.07, 6.45) is 3.85. The highest BCUT2D eigenvalue weighted by Crippen LogP contribution is 2.34. The molecular weight excluding hydrogens is 354 g/mol. The lowest BCUT2D eigenvalue weighted by Crippen LogP contribution is -2.22. The van der Waals surface area contributed by atoms with Gasteiger partial charge >= 0.3 is 0 Å². The molecule has 3 aromatic heterocycles. The van der Waals surface area contributed by atoms with E-state index in [4.69, 9.17) is 8.94 Å². The molecule has 1 unspecified atom stereocenters. The lowest BCUT2D eigenvalue weighted by Gasteiger charge is -2.19. The van der Waals surface area contributed by atoms with Gasteiger partial charge in [-0.25, -0.2) is 4.98 Å². The van der Waals surface area contributed by atoms with Gasteiger partial charge in [-0.3, -0.25) is 4.90 Å². The molecule has 7 heteroatoms. The SMILES string of the molecule is CNc1ccc(-c2noc(C3CCCN3Cc3cc4ccccc4o3)n2)cn1. The maximum atomic E-state index is 5.99. The summed E-state index contributed by atoms with van der Waals surface area (Å²) >= 11 is 0. The minimum Gasteiger partial charge on any atom is -0.460 e. The Kier molecular flexibility index (Phi) is 4.29. The normalized spacial score (nSPS) is 17.4. The highest BCUT2D eigenvalue weighted by Gasteiger charge is 2.31. The van der Waals surface area contributed by atoms with E-state index in [-0.39, 0.29) is 6.04 Å². The Morgan fingerprint density at radius 3 is 2.96 bits per heavy atom. The molecule has 0 saturated carbocycles. The van der Waals surface area contributed by atoms with Crippen molar-refractivity contribution in [3.05, 3.63) is 60.3 Å². The van der Waals surface area contributed by atoms with E-state index < -0.39 is 0 Å². The molecule has 1 saturated heterocycles. The minimum absolute atomic E-state index is 0.110. The van der Waals surface area contributed by atoms with Gasteiger partial charge in [0.15, 0.2) is 0 Å². The molecule has 1 N–H and O–H groups in total. The van der Waals surface area contributed by atoms with Crippen molar-refractivity contribution in [2.75, 3.05) is 18.9 Å². The van der Waals surface area contributed by atoms with E-state index >= 15 is 0 Å². The predicted octanol–water partition coefficient (Wildman–Crippen LogP) is 4.26. The van der Waals surface area contributed by atoms with Crippen molar-refractivity contribution >= 4 is 16.8 Å². The number of aromatic nitrogens is 3. The fraction of sp³-hybridized carbons (Fsp3) is 0.286. The Morgan fingerprint density at radius 2 is 2.14 bits per heavy atom. The van der Waals surface area contributed by atoms with Crippen LogP contribution in [0, 0.1) is 0 Å². The van der Waals surface area contributed by atoms with Crippen LogP contribution in [0.2, 0.25) is 0 Å². The summed E-state index contributed by atoms with van der Waals surface area (Å²) in [5, 5.41) is 8.30. The topological polar surface area (TPSA) is 80.2 Å². The molecule has 1 aliphatic heterocycles. The average molecular weight is 375 g/mol. The van der Waals surface area contributed by atoms with Gasteiger partial charge in [0.05, 0.1) is 12.6 Å². The number of rotatable bonds is 5. The van der Waals surface area contributed by atoms with Crippen molar-refractivity contribution in [1.82, 2.24) is 20.0 Å². The van der Waals surface area contributed by atoms with Crippen LogP contribution in [0.4, 0.5) is 5.82 Å². The zero-order chi connectivity index (χ0) is 18.9. The van der Waals surface area contributed by atoms with Crippen LogP contribution < -0.4 is 5.32 Å². The second-order valence-electron chi connectivity index (χ2n) is 7.02. The quantitative estimate of drug-likeness (QED) is 0.558. The van der Waals surface area contributed by atoms with Gasteiger partial charge in [0.2, 0.25) is 11.7 Å². The smallest absolute Gasteiger partial charge is 0.244 e. The van der Waals surface area contributed by atoms with Gasteiger partial charge in [0.25, 0.3) is 0 Å². The van der Waals surface area contributed by atoms with Crippen molar-refractivity contribution in [3.8, 4) is 11.4 Å². The van der Waals surface area contributed by atoms with E-state index in [1.807, 2.05) is 37.4 Å². The van der Waals surface area contributed by atoms with Crippen molar-refractivity contribution in [2.24, 2.45) is 0 Å². The molecule has 0 bridgehead atoms. The van der Waals surface area contributed by atoms with E-state index in [1.165, 1.54) is 0 Å². The van der Waals surface area contributed by atoms with E-state index in [0.29, 0.717) is 11.7 Å². The molecule has 0 aliphatic carbocycles. The van der Waals surface area contributed by atoms with E-state index in [0.717, 1.165) is 54.0 Å². The molecule has 0 radical (unpaired) electrons. The number of anilines is 1. The summed E-state index contributed by atoms with van der Waals surface area (Å²) in [6.45, 7) is 1.72. The first-order valence-corrected chi connectivity index (χ1v) is 9.49. The summed E-state index contributed by atoms with van der Waals surface area (Å²) in [7, 11) is 1.84. The highest BCUT2D eigenvalue weighted by atomic mass is 16.5. The first-order chi connectivity index (χ1) is 13.8. The van der Waals surface area contributed by atoms with Crippen LogP contribution in [0.1, 0.15) is 30.5 Å². The van der Waals surface area contributed by atoms with Crippen molar-refractivity contribution in [2.45, 2.75) is 25.4 Å². The molecule has 28 heavy (non-hydrogen) atoms. The molecular formula is C21H21N5O2. The summed E-state index contributed by atoms with van der Waals surface area (Å²) in [4.78, 5) is 11.3. The molecule has 4 aromatic rings. The number of nitrogens with zero attached hydrogens (tertiary/aromatic N) is 4. The number of para-hydroxylation sites is 1. The lowest BCUT2D eigenvalue weighted by molar-refractivity contribution is 0.190. The number of benzene rings is 1. The largest absolute Gasteiger partial charge is 0.460 e. The number of likely N-dealkylation sites (tertiary alicyclic amines) is 1. The summed E-state index contributed by atoms with van der Waals surface area (Å²) in [5.41, 5.74) is 1.77. The number of hydrogen-bond donors (Lipinski definition) is 1. The molecule has 1 aromatic carbocycles. The number of fused-ring (bicyclic) bond motifs is 1. The van der Waals surface area contributed by atoms with Gasteiger partial charge in [-0.2, -0.15) is 4.98 Å². The van der Waals surface area contributed by atoms with Crippen LogP contribution in [0.15, 0.2) is 57.6 Å². The highest BCUT2D eigenvalue weighted by molar-refractivity contribution is 5.77. The van der Waals surface area contributed by atoms with Crippen LogP contribution in [0.25, 0.3) is 22.4 Å². The van der Waals surface area contributed by atoms with Crippen molar-refractivity contribution < 1.29 is 8.94 Å². The molecule has 1 atom stereocenters. The van der Waals surface area contributed by atoms with Crippen LogP contribution in [0.5, 0.6) is 0 Å². The third kappa shape index (κ3) is 3.14. The maximum absolute atomic E-state index is 5.99. The number of furan rings is 1. The van der Waals surface area contributed by atoms with Gasteiger partial charge in [-0.05, 0) is 43.7 Å². The Balaban J connectivity index is 1.35. The fourth-order valence-electron chi connectivity index (χ4n) is 3.77. The molecule has 1 aliphatic rings. The molecule has 5 rings (SSSR count). The minimum atomic E-state index is 0.110. The second kappa shape index (κ2) is 7.09. The Bertz CT molecular complexity index is 1050. The summed E-state index contributed by atoms with van der Waals surface area (Å²) in [5.74, 6) is 2.99. The van der Waals surface area contributed by atoms with Gasteiger partial charge in [0.1, 0.15) is 17.2 Å². The fourth-order valence-corrected chi connectivity index (χ4v) is 3.77. The van der Waals surface area contributed by atoms with Crippen molar-refractivity contribution in [3.63, 3.8) is 0 Å². The molecule has 1 fully saturated rings. The van der Waals surface area contributed by atoms with Crippen LogP contribution >= 0.6 is 0 Å². The summed E-state index contributed by atoms with van der Waals surface area (Å²) in [6, 6.07) is 14.1. The maximum Gasteiger partial charge on any atom is 0.244 e. The van der Waals surface area contributed by atoms with E-state index in [9.17, 15) is 0 Å². The first kappa shape index (κ1) is 16.9. The zero-order valence-corrected chi connectivity index (χ0v) is 15.6. The van der Waals surface area contributed by atoms with Crippen LogP contribution in [0.3, 0.4) is 0 Å².